The molecule has 1 aromatic heterocycles. The molecule has 0 fully saturated rings. The Hall–Kier alpha value is -1.68. The summed E-state index contributed by atoms with van der Waals surface area (Å²) in [4.78, 5) is 16.1. The Bertz CT molecular complexity index is 577. The molecule has 2 rings (SSSR count). The molecule has 0 saturated carbocycles. The van der Waals surface area contributed by atoms with Crippen molar-refractivity contribution in [3.8, 4) is 0 Å². The van der Waals surface area contributed by atoms with Crippen LogP contribution in [0.1, 0.15) is 20.3 Å². The number of nitrogens with zero attached hydrogens (tertiary/aromatic N) is 2. The standard InChI is InChI=1S/C14H19N3O/c1-3-11(15-4-2)10-17-13-8-6-5-7-12(13)16-9-14(17)18/h5-9,11,15H,3-4,10H2,1-2H3. The first-order chi connectivity index (χ1) is 8.76. The summed E-state index contributed by atoms with van der Waals surface area (Å²) in [5, 5.41) is 3.39. The zero-order valence-electron chi connectivity index (χ0n) is 10.9. The van der Waals surface area contributed by atoms with E-state index < -0.39 is 0 Å². The van der Waals surface area contributed by atoms with Crippen LogP contribution in [-0.4, -0.2) is 22.1 Å². The van der Waals surface area contributed by atoms with Gasteiger partial charge in [0.1, 0.15) is 0 Å². The highest BCUT2D eigenvalue weighted by molar-refractivity contribution is 5.74. The second kappa shape index (κ2) is 5.78. The third kappa shape index (κ3) is 2.59. The summed E-state index contributed by atoms with van der Waals surface area (Å²) >= 11 is 0. The van der Waals surface area contributed by atoms with E-state index >= 15 is 0 Å². The Labute approximate surface area is 107 Å². The molecule has 4 nitrogen and oxygen atoms in total. The number of para-hydroxylation sites is 2. The Morgan fingerprint density at radius 3 is 2.83 bits per heavy atom. The summed E-state index contributed by atoms with van der Waals surface area (Å²) in [5.41, 5.74) is 1.73. The lowest BCUT2D eigenvalue weighted by atomic mass is 10.2. The zero-order chi connectivity index (χ0) is 13.0. The molecule has 0 bridgehead atoms. The van der Waals surface area contributed by atoms with E-state index in [2.05, 4.69) is 24.1 Å². The molecule has 0 aliphatic rings. The van der Waals surface area contributed by atoms with Crippen LogP contribution in [0.2, 0.25) is 0 Å². The van der Waals surface area contributed by atoms with Crippen LogP contribution < -0.4 is 10.9 Å². The summed E-state index contributed by atoms with van der Waals surface area (Å²) < 4.78 is 1.80. The van der Waals surface area contributed by atoms with E-state index in [1.165, 1.54) is 6.20 Å². The van der Waals surface area contributed by atoms with Crippen molar-refractivity contribution in [2.24, 2.45) is 0 Å². The molecule has 0 spiro atoms. The molecule has 18 heavy (non-hydrogen) atoms. The predicted octanol–water partition coefficient (Wildman–Crippen LogP) is 1.78. The highest BCUT2D eigenvalue weighted by atomic mass is 16.1. The van der Waals surface area contributed by atoms with Gasteiger partial charge in [0, 0.05) is 12.6 Å². The Kier molecular flexibility index (Phi) is 4.10. The fraction of sp³-hybridized carbons (Fsp3) is 0.429. The highest BCUT2D eigenvalue weighted by Crippen LogP contribution is 2.09. The predicted molar refractivity (Wildman–Crippen MR) is 73.8 cm³/mol. The monoisotopic (exact) mass is 245 g/mol. The number of fused-ring (bicyclic) bond motifs is 1. The van der Waals surface area contributed by atoms with E-state index in [1.54, 1.807) is 4.57 Å². The molecule has 2 aromatic rings. The van der Waals surface area contributed by atoms with Crippen LogP contribution in [0.15, 0.2) is 35.3 Å². The largest absolute Gasteiger partial charge is 0.312 e. The molecule has 1 aromatic carbocycles. The number of aromatic nitrogens is 2. The van der Waals surface area contributed by atoms with Crippen molar-refractivity contribution in [1.82, 2.24) is 14.9 Å². The highest BCUT2D eigenvalue weighted by Gasteiger charge is 2.09. The van der Waals surface area contributed by atoms with Crippen LogP contribution >= 0.6 is 0 Å². The Morgan fingerprint density at radius 2 is 2.11 bits per heavy atom. The SMILES string of the molecule is CCNC(CC)Cn1c(=O)cnc2ccccc21. The van der Waals surface area contributed by atoms with E-state index in [0.717, 1.165) is 24.0 Å². The molecule has 1 N–H and O–H groups in total. The zero-order valence-corrected chi connectivity index (χ0v) is 10.9. The minimum Gasteiger partial charge on any atom is -0.312 e. The summed E-state index contributed by atoms with van der Waals surface area (Å²) in [6.07, 6.45) is 2.40. The van der Waals surface area contributed by atoms with Gasteiger partial charge in [-0.1, -0.05) is 26.0 Å². The summed E-state index contributed by atoms with van der Waals surface area (Å²) in [7, 11) is 0. The van der Waals surface area contributed by atoms with E-state index in [4.69, 9.17) is 0 Å². The van der Waals surface area contributed by atoms with Gasteiger partial charge < -0.3 is 9.88 Å². The Morgan fingerprint density at radius 1 is 1.33 bits per heavy atom. The molecule has 4 heteroatoms. The van der Waals surface area contributed by atoms with Gasteiger partial charge in [0.25, 0.3) is 5.56 Å². The molecule has 0 saturated heterocycles. The van der Waals surface area contributed by atoms with Gasteiger partial charge in [-0.2, -0.15) is 0 Å². The number of rotatable bonds is 5. The molecule has 0 radical (unpaired) electrons. The first-order valence-electron chi connectivity index (χ1n) is 6.44. The maximum Gasteiger partial charge on any atom is 0.269 e. The quantitative estimate of drug-likeness (QED) is 0.873. The van der Waals surface area contributed by atoms with Crippen molar-refractivity contribution in [2.75, 3.05) is 6.54 Å². The van der Waals surface area contributed by atoms with Crippen LogP contribution in [0.3, 0.4) is 0 Å². The van der Waals surface area contributed by atoms with Gasteiger partial charge >= 0.3 is 0 Å². The molecular formula is C14H19N3O. The normalized spacial score (nSPS) is 12.8. The topological polar surface area (TPSA) is 46.9 Å². The van der Waals surface area contributed by atoms with Gasteiger partial charge in [0.15, 0.2) is 0 Å². The molecule has 0 aliphatic carbocycles. The van der Waals surface area contributed by atoms with E-state index in [-0.39, 0.29) is 5.56 Å². The number of hydrogen-bond acceptors (Lipinski definition) is 3. The van der Waals surface area contributed by atoms with Gasteiger partial charge in [-0.25, -0.2) is 4.98 Å². The molecule has 1 unspecified atom stereocenters. The third-order valence-corrected chi connectivity index (χ3v) is 3.14. The van der Waals surface area contributed by atoms with Crippen molar-refractivity contribution in [1.29, 1.82) is 0 Å². The maximum atomic E-state index is 12.0. The van der Waals surface area contributed by atoms with Crippen molar-refractivity contribution < 1.29 is 0 Å². The minimum absolute atomic E-state index is 0.0370. The molecule has 1 heterocycles. The fourth-order valence-corrected chi connectivity index (χ4v) is 2.15. The van der Waals surface area contributed by atoms with Gasteiger partial charge in [-0.05, 0) is 25.1 Å². The number of likely N-dealkylation sites (N-methyl/N-ethyl adjacent to an activating group) is 1. The third-order valence-electron chi connectivity index (χ3n) is 3.14. The van der Waals surface area contributed by atoms with Crippen LogP contribution in [0, 0.1) is 0 Å². The van der Waals surface area contributed by atoms with E-state index in [1.807, 2.05) is 24.3 Å². The second-order valence-corrected chi connectivity index (χ2v) is 4.36. The molecule has 0 amide bonds. The van der Waals surface area contributed by atoms with Crippen molar-refractivity contribution in [2.45, 2.75) is 32.9 Å². The van der Waals surface area contributed by atoms with Gasteiger partial charge in [0.05, 0.1) is 17.2 Å². The maximum absolute atomic E-state index is 12.0. The average molecular weight is 245 g/mol. The second-order valence-electron chi connectivity index (χ2n) is 4.36. The first-order valence-corrected chi connectivity index (χ1v) is 6.44. The van der Waals surface area contributed by atoms with Crippen LogP contribution in [0.5, 0.6) is 0 Å². The lowest BCUT2D eigenvalue weighted by Crippen LogP contribution is -2.36. The average Bonchev–Trinajstić information content (AvgIpc) is 2.41. The van der Waals surface area contributed by atoms with Crippen molar-refractivity contribution >= 4 is 11.0 Å². The van der Waals surface area contributed by atoms with Crippen LogP contribution in [0.25, 0.3) is 11.0 Å². The minimum atomic E-state index is -0.0370. The van der Waals surface area contributed by atoms with Crippen LogP contribution in [-0.2, 0) is 6.54 Å². The van der Waals surface area contributed by atoms with E-state index in [0.29, 0.717) is 12.6 Å². The molecule has 1 atom stereocenters. The van der Waals surface area contributed by atoms with Crippen LogP contribution in [0.4, 0.5) is 0 Å². The van der Waals surface area contributed by atoms with Gasteiger partial charge in [-0.15, -0.1) is 0 Å². The summed E-state index contributed by atoms with van der Waals surface area (Å²) in [6.45, 7) is 5.81. The number of nitrogens with one attached hydrogen (secondary N) is 1. The molecular weight excluding hydrogens is 226 g/mol. The summed E-state index contributed by atoms with van der Waals surface area (Å²) in [6, 6.07) is 8.07. The summed E-state index contributed by atoms with van der Waals surface area (Å²) in [5.74, 6) is 0. The molecule has 0 aliphatic heterocycles. The lowest BCUT2D eigenvalue weighted by molar-refractivity contribution is 0.446. The molecule has 96 valence electrons. The fourth-order valence-electron chi connectivity index (χ4n) is 2.15. The lowest BCUT2D eigenvalue weighted by Gasteiger charge is -2.18. The van der Waals surface area contributed by atoms with E-state index in [9.17, 15) is 4.79 Å². The van der Waals surface area contributed by atoms with Gasteiger partial charge in [-0.3, -0.25) is 4.79 Å². The number of benzene rings is 1. The van der Waals surface area contributed by atoms with Crippen molar-refractivity contribution in [3.63, 3.8) is 0 Å². The van der Waals surface area contributed by atoms with Gasteiger partial charge in [0.2, 0.25) is 0 Å². The first kappa shape index (κ1) is 12.8. The number of hydrogen-bond donors (Lipinski definition) is 1. The smallest absolute Gasteiger partial charge is 0.269 e. The van der Waals surface area contributed by atoms with Crippen molar-refractivity contribution in [3.05, 3.63) is 40.8 Å². The Balaban J connectivity index is 2.42.